The number of tetrazole rings is 1. The van der Waals surface area contributed by atoms with E-state index in [1.165, 1.54) is 24.0 Å². The average Bonchev–Trinajstić information content (AvgIpc) is 3.45. The highest BCUT2D eigenvalue weighted by Gasteiger charge is 2.42. The molecule has 0 saturated carbocycles. The summed E-state index contributed by atoms with van der Waals surface area (Å²) in [7, 11) is -5.59. The van der Waals surface area contributed by atoms with Gasteiger partial charge in [0.05, 0.1) is 43.0 Å². The Kier molecular flexibility index (Phi) is 9.73. The van der Waals surface area contributed by atoms with E-state index in [4.69, 9.17) is 15.2 Å². The number of rotatable bonds is 13. The highest BCUT2D eigenvalue weighted by molar-refractivity contribution is 14.1. The van der Waals surface area contributed by atoms with Crippen LogP contribution >= 0.6 is 22.6 Å². The van der Waals surface area contributed by atoms with E-state index in [1.54, 1.807) is 48.4 Å². The van der Waals surface area contributed by atoms with Crippen molar-refractivity contribution in [1.82, 2.24) is 29.8 Å². The molecule has 3 aromatic carbocycles. The Hall–Kier alpha value is -3.65. The number of primary amides is 1. The molecule has 0 atom stereocenters. The third-order valence-corrected chi connectivity index (χ3v) is 11.8. The van der Waals surface area contributed by atoms with Crippen LogP contribution in [0.2, 0.25) is 0 Å². The maximum absolute atomic E-state index is 14.1. The molecule has 17 heteroatoms. The third kappa shape index (κ3) is 7.27. The minimum absolute atomic E-state index is 0.00759. The molecule has 1 aromatic heterocycles. The Morgan fingerprint density at radius 2 is 1.56 bits per heavy atom. The van der Waals surface area contributed by atoms with E-state index >= 15 is 0 Å². The lowest BCUT2D eigenvalue weighted by molar-refractivity contribution is -0.119. The summed E-state index contributed by atoms with van der Waals surface area (Å²) < 4.78 is 69.3. The summed E-state index contributed by atoms with van der Waals surface area (Å²) in [6, 6.07) is 16.8. The van der Waals surface area contributed by atoms with Crippen LogP contribution in [0.3, 0.4) is 0 Å². The van der Waals surface area contributed by atoms with Crippen LogP contribution in [0.1, 0.15) is 11.1 Å². The fourth-order valence-electron chi connectivity index (χ4n) is 4.78. The van der Waals surface area contributed by atoms with Crippen molar-refractivity contribution < 1.29 is 31.1 Å². The molecule has 4 aromatic rings. The van der Waals surface area contributed by atoms with Crippen LogP contribution < -0.4 is 19.9 Å². The van der Waals surface area contributed by atoms with Crippen molar-refractivity contribution >= 4 is 48.4 Å². The molecular weight excluding hydrogens is 737 g/mol. The molecule has 0 spiro atoms. The van der Waals surface area contributed by atoms with Gasteiger partial charge in [0.2, 0.25) is 21.8 Å². The van der Waals surface area contributed by atoms with Crippen LogP contribution in [0, 0.1) is 3.57 Å². The van der Waals surface area contributed by atoms with E-state index in [0.29, 0.717) is 20.6 Å². The number of nitrogens with one attached hydrogen (secondary N) is 1. The number of sulfone groups is 1. The SMILES string of the molecule is COc1ccc(CNS(=O)(=O)c2c(S(=O)(=O)C3CN(CC(N)=O)C3)ccc(I)c2-c2nnn(Cc3ccc(OC)cc3)n2)cc1. The summed E-state index contributed by atoms with van der Waals surface area (Å²) in [5.74, 6) is 0.639. The van der Waals surface area contributed by atoms with Crippen molar-refractivity contribution in [2.75, 3.05) is 33.9 Å². The highest BCUT2D eigenvalue weighted by Crippen LogP contribution is 2.37. The summed E-state index contributed by atoms with van der Waals surface area (Å²) in [4.78, 5) is 13.3. The Morgan fingerprint density at radius 1 is 0.956 bits per heavy atom. The fourth-order valence-corrected chi connectivity index (χ4v) is 9.43. The van der Waals surface area contributed by atoms with E-state index in [-0.39, 0.29) is 44.1 Å². The van der Waals surface area contributed by atoms with E-state index in [2.05, 4.69) is 20.1 Å². The maximum atomic E-state index is 14.1. The number of hydrogen-bond acceptors (Lipinski definition) is 11. The predicted molar refractivity (Wildman–Crippen MR) is 172 cm³/mol. The molecule has 1 saturated heterocycles. The lowest BCUT2D eigenvalue weighted by Gasteiger charge is -2.38. The molecule has 238 valence electrons. The third-order valence-electron chi connectivity index (χ3n) is 7.17. The standard InChI is InChI=1S/C28H30IN7O7S2/c1-42-20-7-3-18(4-8-20)13-31-45(40,41)27-24(44(38,39)22-15-35(16-22)17-25(30)37)12-11-23(29)26(27)28-32-34-36(33-28)14-19-5-9-21(43-2)10-6-19/h3-12,22,31H,13-17H2,1-2H3,(H2,30,37). The molecule has 14 nitrogen and oxygen atoms in total. The fraction of sp³-hybridized carbons (Fsp3) is 0.286. The van der Waals surface area contributed by atoms with Gasteiger partial charge in [-0.3, -0.25) is 9.69 Å². The summed E-state index contributed by atoms with van der Waals surface area (Å²) in [6.07, 6.45) is 0. The number of hydrogen-bond donors (Lipinski definition) is 2. The maximum Gasteiger partial charge on any atom is 0.242 e. The van der Waals surface area contributed by atoms with Crippen molar-refractivity contribution in [3.8, 4) is 22.9 Å². The average molecular weight is 768 g/mol. The monoisotopic (exact) mass is 767 g/mol. The zero-order chi connectivity index (χ0) is 32.4. The van der Waals surface area contributed by atoms with Crippen molar-refractivity contribution in [2.45, 2.75) is 28.1 Å². The van der Waals surface area contributed by atoms with Gasteiger partial charge in [-0.15, -0.1) is 10.2 Å². The highest BCUT2D eigenvalue weighted by atomic mass is 127. The normalized spacial score (nSPS) is 14.2. The number of likely N-dealkylation sites (tertiary alicyclic amines) is 1. The van der Waals surface area contributed by atoms with Gasteiger partial charge >= 0.3 is 0 Å². The molecule has 0 bridgehead atoms. The van der Waals surface area contributed by atoms with Crippen LogP contribution in [-0.4, -0.2) is 87.0 Å². The molecule has 0 unspecified atom stereocenters. The number of benzene rings is 3. The van der Waals surface area contributed by atoms with Crippen molar-refractivity contribution in [1.29, 1.82) is 0 Å². The zero-order valence-corrected chi connectivity index (χ0v) is 28.0. The van der Waals surface area contributed by atoms with Crippen LogP contribution in [0.4, 0.5) is 0 Å². The molecule has 1 aliphatic heterocycles. The largest absolute Gasteiger partial charge is 0.497 e. The number of ether oxygens (including phenoxy) is 2. The zero-order valence-electron chi connectivity index (χ0n) is 24.3. The lowest BCUT2D eigenvalue weighted by Crippen LogP contribution is -2.56. The van der Waals surface area contributed by atoms with Gasteiger partial charge in [0, 0.05) is 23.2 Å². The minimum atomic E-state index is -4.48. The van der Waals surface area contributed by atoms with E-state index in [1.807, 2.05) is 34.7 Å². The van der Waals surface area contributed by atoms with Crippen molar-refractivity contribution in [3.05, 3.63) is 75.4 Å². The van der Waals surface area contributed by atoms with E-state index < -0.39 is 40.8 Å². The number of amides is 1. The van der Waals surface area contributed by atoms with Gasteiger partial charge in [-0.1, -0.05) is 24.3 Å². The number of nitrogens with zero attached hydrogens (tertiary/aromatic N) is 5. The van der Waals surface area contributed by atoms with E-state index in [0.717, 1.165) is 5.56 Å². The number of nitrogens with two attached hydrogens (primary N) is 1. The van der Waals surface area contributed by atoms with Crippen molar-refractivity contribution in [3.63, 3.8) is 0 Å². The number of methoxy groups -OCH3 is 2. The first-order chi connectivity index (χ1) is 21.4. The molecule has 1 aliphatic rings. The Balaban J connectivity index is 1.54. The van der Waals surface area contributed by atoms with Gasteiger partial charge in [0.25, 0.3) is 0 Å². The first-order valence-electron chi connectivity index (χ1n) is 13.5. The number of sulfonamides is 1. The molecule has 45 heavy (non-hydrogen) atoms. The molecule has 3 N–H and O–H groups in total. The predicted octanol–water partition coefficient (Wildman–Crippen LogP) is 1.43. The quantitative estimate of drug-likeness (QED) is 0.187. The molecule has 0 radical (unpaired) electrons. The second-order valence-electron chi connectivity index (χ2n) is 10.2. The van der Waals surface area contributed by atoms with Gasteiger partial charge in [0.1, 0.15) is 16.4 Å². The number of aromatic nitrogens is 4. The molecule has 1 fully saturated rings. The van der Waals surface area contributed by atoms with Gasteiger partial charge in [-0.2, -0.15) is 4.80 Å². The summed E-state index contributed by atoms with van der Waals surface area (Å²) in [5.41, 5.74) is 6.73. The second-order valence-corrected chi connectivity index (χ2v) is 15.3. The Morgan fingerprint density at radius 3 is 2.13 bits per heavy atom. The number of carbonyl (C=O) groups excluding carboxylic acids is 1. The Bertz CT molecular complexity index is 1910. The molecule has 2 heterocycles. The summed E-state index contributed by atoms with van der Waals surface area (Å²) >= 11 is 1.93. The van der Waals surface area contributed by atoms with Gasteiger partial charge < -0.3 is 15.2 Å². The first kappa shape index (κ1) is 32.7. The lowest BCUT2D eigenvalue weighted by atomic mass is 10.2. The molecular formula is C28H30IN7O7S2. The second kappa shape index (κ2) is 13.4. The van der Waals surface area contributed by atoms with Crippen LogP contribution in [-0.2, 0) is 37.7 Å². The number of halogens is 1. The van der Waals surface area contributed by atoms with Crippen LogP contribution in [0.5, 0.6) is 11.5 Å². The van der Waals surface area contributed by atoms with Gasteiger partial charge in [-0.25, -0.2) is 21.6 Å². The van der Waals surface area contributed by atoms with Gasteiger partial charge in [-0.05, 0) is 75.3 Å². The van der Waals surface area contributed by atoms with Crippen molar-refractivity contribution in [2.24, 2.45) is 5.73 Å². The molecule has 0 aliphatic carbocycles. The smallest absolute Gasteiger partial charge is 0.242 e. The van der Waals surface area contributed by atoms with Crippen LogP contribution in [0.25, 0.3) is 11.4 Å². The molecule has 1 amide bonds. The minimum Gasteiger partial charge on any atom is -0.497 e. The topological polar surface area (TPSA) is 189 Å². The van der Waals surface area contributed by atoms with Crippen LogP contribution in [0.15, 0.2) is 70.5 Å². The Labute approximate surface area is 274 Å². The summed E-state index contributed by atoms with van der Waals surface area (Å²) in [6.45, 7) is 0.0638. The number of carbonyl (C=O) groups is 1. The first-order valence-corrected chi connectivity index (χ1v) is 17.6. The summed E-state index contributed by atoms with van der Waals surface area (Å²) in [5, 5.41) is 11.7. The van der Waals surface area contributed by atoms with E-state index in [9.17, 15) is 21.6 Å². The molecule has 5 rings (SSSR count). The van der Waals surface area contributed by atoms with Gasteiger partial charge in [0.15, 0.2) is 9.84 Å².